The zero-order chi connectivity index (χ0) is 56.3. The predicted octanol–water partition coefficient (Wildman–Crippen LogP) is 18.8. The number of para-hydroxylation sites is 1. The summed E-state index contributed by atoms with van der Waals surface area (Å²) >= 11 is 6.28. The van der Waals surface area contributed by atoms with E-state index in [1.54, 1.807) is 48.5 Å². The first-order valence-corrected chi connectivity index (χ1v) is 27.1. The highest BCUT2D eigenvalue weighted by molar-refractivity contribution is 6.33. The minimum Gasteiger partial charge on any atom is -0.505 e. The van der Waals surface area contributed by atoms with Gasteiger partial charge in [0, 0.05) is 50.2 Å². The molecule has 82 heavy (non-hydrogen) atoms. The first kappa shape index (κ1) is 52.4. The molecule has 11 aromatic carbocycles. The van der Waals surface area contributed by atoms with Crippen LogP contribution in [-0.4, -0.2) is 21.9 Å². The molecule has 11 aromatic rings. The molecule has 1 aliphatic carbocycles. The maximum absolute atomic E-state index is 14.1. The van der Waals surface area contributed by atoms with Crippen molar-refractivity contribution in [1.29, 1.82) is 0 Å². The molecule has 4 N–H and O–H groups in total. The van der Waals surface area contributed by atoms with Crippen molar-refractivity contribution < 1.29 is 24.6 Å². The Morgan fingerprint density at radius 3 is 1.57 bits per heavy atom. The number of hydrogen-bond acceptors (Lipinski definition) is 11. The molecule has 12 nitrogen and oxygen atoms in total. The van der Waals surface area contributed by atoms with Crippen molar-refractivity contribution in [3.8, 4) is 22.6 Å². The molecule has 0 radical (unpaired) electrons. The van der Waals surface area contributed by atoms with Gasteiger partial charge in [-0.15, -0.1) is 10.2 Å². The van der Waals surface area contributed by atoms with Crippen LogP contribution in [0.3, 0.4) is 0 Å². The molecule has 400 valence electrons. The Hall–Kier alpha value is -10.3. The standard InChI is InChI=1S/C69H52ClN7O5/c1-42-15-29-52(30-16-42)77(53-31-17-43(2)18-32-53)54-33-23-45(24-34-54)20-19-44-21-25-49(26-22-44)71-69(81)61-38-47-10-4-6-12-56(47)65(68(61)80)75-73-51-28-36-58-57-35-27-50(39-59(57)67(79)60(58)40-51)72-74-64-55-11-5-3-9-46(55)37-48(66(64)78)41-82-76-63-14-8-7-13-62(63)70/h3-18,21-40,76,78,80H,19-20,41H2,1-2H3,(H,71,81). The number of hydrogen-bond donors (Lipinski definition) is 4. The van der Waals surface area contributed by atoms with Crippen molar-refractivity contribution >= 4 is 96.0 Å². The number of nitrogens with one attached hydrogen (secondary N) is 2. The van der Waals surface area contributed by atoms with Gasteiger partial charge in [-0.1, -0.05) is 144 Å². The lowest BCUT2D eigenvalue weighted by molar-refractivity contribution is 0.102. The number of fused-ring (bicyclic) bond motifs is 5. The number of rotatable bonds is 16. The number of azo groups is 2. The van der Waals surface area contributed by atoms with E-state index in [1.807, 2.05) is 97.1 Å². The van der Waals surface area contributed by atoms with Crippen molar-refractivity contribution in [1.82, 2.24) is 0 Å². The molecular formula is C69H52ClN7O5. The van der Waals surface area contributed by atoms with E-state index in [9.17, 15) is 19.8 Å². The van der Waals surface area contributed by atoms with E-state index in [0.717, 1.165) is 52.0 Å². The van der Waals surface area contributed by atoms with E-state index in [4.69, 9.17) is 16.4 Å². The first-order valence-electron chi connectivity index (χ1n) is 26.7. The Bertz CT molecular complexity index is 4270. The molecule has 0 saturated heterocycles. The topological polar surface area (TPSA) is 161 Å². The molecule has 0 bridgehead atoms. The summed E-state index contributed by atoms with van der Waals surface area (Å²) in [4.78, 5) is 36.0. The number of benzene rings is 11. The highest BCUT2D eigenvalue weighted by Gasteiger charge is 2.28. The average Bonchev–Trinajstić information content (AvgIpc) is 3.81. The third-order valence-corrected chi connectivity index (χ3v) is 14.9. The van der Waals surface area contributed by atoms with Crippen LogP contribution in [0.15, 0.2) is 239 Å². The van der Waals surface area contributed by atoms with E-state index < -0.39 is 5.91 Å². The molecule has 0 aromatic heterocycles. The summed E-state index contributed by atoms with van der Waals surface area (Å²) in [5.74, 6) is -1.17. The summed E-state index contributed by atoms with van der Waals surface area (Å²) in [5.41, 5.74) is 15.9. The number of phenolic OH excluding ortho intramolecular Hbond substituents is 2. The summed E-state index contributed by atoms with van der Waals surface area (Å²) in [6.45, 7) is 4.19. The number of carbonyl (C=O) groups is 2. The number of ketones is 1. The number of carbonyl (C=O) groups excluding carboxylic acids is 2. The number of aromatic hydroxyl groups is 2. The van der Waals surface area contributed by atoms with E-state index in [-0.39, 0.29) is 40.8 Å². The lowest BCUT2D eigenvalue weighted by atomic mass is 10.0. The fraction of sp³-hybridized carbons (Fsp3) is 0.0725. The Kier molecular flexibility index (Phi) is 14.6. The smallest absolute Gasteiger partial charge is 0.259 e. The van der Waals surface area contributed by atoms with Crippen LogP contribution >= 0.6 is 11.6 Å². The van der Waals surface area contributed by atoms with E-state index in [1.165, 1.54) is 16.7 Å². The average molecular weight is 1090 g/mol. The van der Waals surface area contributed by atoms with Gasteiger partial charge in [-0.3, -0.25) is 19.9 Å². The van der Waals surface area contributed by atoms with Crippen molar-refractivity contribution in [2.75, 3.05) is 15.7 Å². The molecule has 0 atom stereocenters. The molecule has 0 heterocycles. The van der Waals surface area contributed by atoms with Crippen LogP contribution in [0.5, 0.6) is 11.5 Å². The zero-order valence-electron chi connectivity index (χ0n) is 44.6. The van der Waals surface area contributed by atoms with Crippen LogP contribution in [0.4, 0.5) is 51.2 Å². The number of halogens is 1. The summed E-state index contributed by atoms with van der Waals surface area (Å²) in [6.07, 6.45) is 1.63. The van der Waals surface area contributed by atoms with Gasteiger partial charge in [-0.25, -0.2) is 0 Å². The Morgan fingerprint density at radius 2 is 1.01 bits per heavy atom. The van der Waals surface area contributed by atoms with E-state index in [0.29, 0.717) is 60.6 Å². The molecule has 0 aliphatic heterocycles. The maximum atomic E-state index is 14.1. The van der Waals surface area contributed by atoms with E-state index in [2.05, 4.69) is 123 Å². The lowest BCUT2D eigenvalue weighted by Crippen LogP contribution is -2.12. The number of amides is 1. The minimum absolute atomic E-state index is 0.000195. The quantitative estimate of drug-likeness (QED) is 0.0553. The SMILES string of the molecule is Cc1ccc(N(c2ccc(C)cc2)c2ccc(CCc3ccc(NC(=O)c4cc5ccccc5c(N=Nc5ccc6c(c5)C(=O)c5cc(N=Nc7c(O)c(CONc8ccccc8Cl)cc8ccccc78)ccc5-6)c4O)cc3)cc2)cc1. The predicted molar refractivity (Wildman–Crippen MR) is 327 cm³/mol. The Morgan fingerprint density at radius 1 is 0.524 bits per heavy atom. The van der Waals surface area contributed by atoms with Gasteiger partial charge >= 0.3 is 0 Å². The molecular weight excluding hydrogens is 1040 g/mol. The van der Waals surface area contributed by atoms with Crippen LogP contribution in [0.1, 0.15) is 54.1 Å². The van der Waals surface area contributed by atoms with Gasteiger partial charge < -0.3 is 20.4 Å². The molecule has 0 spiro atoms. The van der Waals surface area contributed by atoms with Crippen molar-refractivity contribution in [3.63, 3.8) is 0 Å². The maximum Gasteiger partial charge on any atom is 0.259 e. The summed E-state index contributed by atoms with van der Waals surface area (Å²) in [5, 5.41) is 47.4. The third kappa shape index (κ3) is 10.9. The molecule has 0 saturated carbocycles. The lowest BCUT2D eigenvalue weighted by Gasteiger charge is -2.26. The van der Waals surface area contributed by atoms with Crippen LogP contribution in [0.2, 0.25) is 5.02 Å². The fourth-order valence-corrected chi connectivity index (χ4v) is 10.4. The highest BCUT2D eigenvalue weighted by Crippen LogP contribution is 2.45. The number of nitrogens with zero attached hydrogens (tertiary/aromatic N) is 5. The zero-order valence-corrected chi connectivity index (χ0v) is 45.4. The second-order valence-electron chi connectivity index (χ2n) is 20.2. The van der Waals surface area contributed by atoms with Crippen molar-refractivity contribution in [3.05, 3.63) is 268 Å². The third-order valence-electron chi connectivity index (χ3n) is 14.6. The fourth-order valence-electron chi connectivity index (χ4n) is 10.2. The second-order valence-corrected chi connectivity index (χ2v) is 20.6. The number of aryl methyl sites for hydroxylation is 4. The normalized spacial score (nSPS) is 11.9. The van der Waals surface area contributed by atoms with Gasteiger partial charge in [-0.05, 0) is 157 Å². The minimum atomic E-state index is -0.510. The second kappa shape index (κ2) is 22.8. The van der Waals surface area contributed by atoms with Crippen molar-refractivity contribution in [2.45, 2.75) is 33.3 Å². The van der Waals surface area contributed by atoms with Crippen molar-refractivity contribution in [2.24, 2.45) is 20.5 Å². The molecule has 1 aliphatic rings. The van der Waals surface area contributed by atoms with Crippen LogP contribution in [0.25, 0.3) is 32.7 Å². The molecule has 1 amide bonds. The largest absolute Gasteiger partial charge is 0.505 e. The molecule has 0 fully saturated rings. The Labute approximate surface area is 478 Å². The number of phenols is 2. The summed E-state index contributed by atoms with van der Waals surface area (Å²) in [6, 6.07) is 69.5. The van der Waals surface area contributed by atoms with Crippen LogP contribution < -0.4 is 15.7 Å². The monoisotopic (exact) mass is 1090 g/mol. The summed E-state index contributed by atoms with van der Waals surface area (Å²) in [7, 11) is 0. The van der Waals surface area contributed by atoms with Gasteiger partial charge in [0.15, 0.2) is 11.5 Å². The number of anilines is 5. The van der Waals surface area contributed by atoms with Gasteiger partial charge in [0.05, 0.1) is 27.6 Å². The van der Waals surface area contributed by atoms with Crippen LogP contribution in [0, 0.1) is 13.8 Å². The molecule has 13 heteroatoms. The van der Waals surface area contributed by atoms with Gasteiger partial charge in [0.25, 0.3) is 5.91 Å². The van der Waals surface area contributed by atoms with Gasteiger partial charge in [0.2, 0.25) is 0 Å². The molecule has 0 unspecified atom stereocenters. The summed E-state index contributed by atoms with van der Waals surface area (Å²) < 4.78 is 0. The molecule has 12 rings (SSSR count). The van der Waals surface area contributed by atoms with Gasteiger partial charge in [0.1, 0.15) is 23.7 Å². The highest BCUT2D eigenvalue weighted by atomic mass is 35.5. The Balaban J connectivity index is 0.716. The first-order chi connectivity index (χ1) is 40.0. The van der Waals surface area contributed by atoms with E-state index >= 15 is 0 Å². The van der Waals surface area contributed by atoms with Crippen LogP contribution in [-0.2, 0) is 24.3 Å². The van der Waals surface area contributed by atoms with Gasteiger partial charge in [-0.2, -0.15) is 10.2 Å².